The van der Waals surface area contributed by atoms with E-state index in [0.29, 0.717) is 12.4 Å². The van der Waals surface area contributed by atoms with Crippen LogP contribution in [-0.2, 0) is 11.3 Å². The Kier molecular flexibility index (Phi) is 5.65. The zero-order valence-electron chi connectivity index (χ0n) is 14.1. The fourth-order valence-corrected chi connectivity index (χ4v) is 2.94. The van der Waals surface area contributed by atoms with Crippen LogP contribution in [0.2, 0.25) is 0 Å². The van der Waals surface area contributed by atoms with Crippen LogP contribution in [-0.4, -0.2) is 45.2 Å². The lowest BCUT2D eigenvalue weighted by Gasteiger charge is -2.36. The van der Waals surface area contributed by atoms with E-state index in [-0.39, 0.29) is 13.0 Å². The van der Waals surface area contributed by atoms with Crippen molar-refractivity contribution in [3.05, 3.63) is 59.4 Å². The number of benzene rings is 1. The van der Waals surface area contributed by atoms with Gasteiger partial charge in [0.15, 0.2) is 0 Å². The van der Waals surface area contributed by atoms with E-state index in [1.54, 1.807) is 24.3 Å². The molecular weight excluding hydrogens is 322 g/mol. The molecule has 1 saturated heterocycles. The smallest absolute Gasteiger partial charge is 0.130 e. The summed E-state index contributed by atoms with van der Waals surface area (Å²) in [5, 5.41) is 29.3. The highest BCUT2D eigenvalue weighted by Gasteiger charge is 2.37. The van der Waals surface area contributed by atoms with E-state index in [0.717, 1.165) is 17.0 Å². The molecule has 3 N–H and O–H groups in total. The molecule has 25 heavy (non-hydrogen) atoms. The van der Waals surface area contributed by atoms with Crippen LogP contribution >= 0.6 is 0 Å². The van der Waals surface area contributed by atoms with Crippen LogP contribution in [0, 0.1) is 6.92 Å². The maximum absolute atomic E-state index is 10.2. The lowest BCUT2D eigenvalue weighted by atomic mass is 9.93. The number of aliphatic hydroxyl groups excluding tert-OH is 3. The standard InChI is InChI=1S/C19H23NO5/c1-12-3-2-4-14(20-12)11-24-15-7-5-13(6-8-15)19-18(23)17(22)9-16(10-21)25-19/h2-8,16-19,21-23H,9-11H2,1H3. The van der Waals surface area contributed by atoms with Gasteiger partial charge in [-0.15, -0.1) is 0 Å². The van der Waals surface area contributed by atoms with Crippen LogP contribution in [0.3, 0.4) is 0 Å². The van der Waals surface area contributed by atoms with Crippen molar-refractivity contribution in [3.8, 4) is 5.75 Å². The molecule has 1 aromatic carbocycles. The average Bonchev–Trinajstić information content (AvgIpc) is 2.63. The fourth-order valence-electron chi connectivity index (χ4n) is 2.94. The SMILES string of the molecule is Cc1cccc(COc2ccc(C3OC(CO)CC(O)C3O)cc2)n1. The van der Waals surface area contributed by atoms with Crippen LogP contribution in [0.1, 0.15) is 29.5 Å². The number of aliphatic hydroxyl groups is 3. The number of ether oxygens (including phenoxy) is 2. The average molecular weight is 345 g/mol. The van der Waals surface area contributed by atoms with Crippen LogP contribution in [0.15, 0.2) is 42.5 Å². The topological polar surface area (TPSA) is 92.0 Å². The molecular formula is C19H23NO5. The second-order valence-electron chi connectivity index (χ2n) is 6.28. The highest BCUT2D eigenvalue weighted by molar-refractivity contribution is 5.30. The maximum atomic E-state index is 10.2. The molecule has 0 saturated carbocycles. The number of aryl methyl sites for hydroxylation is 1. The van der Waals surface area contributed by atoms with Crippen LogP contribution < -0.4 is 4.74 Å². The number of hydrogen-bond acceptors (Lipinski definition) is 6. The Morgan fingerprint density at radius 2 is 1.92 bits per heavy atom. The first-order chi connectivity index (χ1) is 12.1. The van der Waals surface area contributed by atoms with Gasteiger partial charge >= 0.3 is 0 Å². The summed E-state index contributed by atoms with van der Waals surface area (Å²) in [6, 6.07) is 12.9. The summed E-state index contributed by atoms with van der Waals surface area (Å²) in [6.07, 6.45) is -2.87. The lowest BCUT2D eigenvalue weighted by Crippen LogP contribution is -2.44. The molecule has 4 unspecified atom stereocenters. The molecule has 1 aliphatic heterocycles. The van der Waals surface area contributed by atoms with Crippen molar-refractivity contribution in [2.24, 2.45) is 0 Å². The minimum Gasteiger partial charge on any atom is -0.487 e. The lowest BCUT2D eigenvalue weighted by molar-refractivity contribution is -0.179. The molecule has 4 atom stereocenters. The van der Waals surface area contributed by atoms with Crippen LogP contribution in [0.25, 0.3) is 0 Å². The molecule has 6 nitrogen and oxygen atoms in total. The summed E-state index contributed by atoms with van der Waals surface area (Å²) >= 11 is 0. The molecule has 0 aliphatic carbocycles. The molecule has 0 amide bonds. The van der Waals surface area contributed by atoms with E-state index >= 15 is 0 Å². The van der Waals surface area contributed by atoms with Gasteiger partial charge < -0.3 is 24.8 Å². The van der Waals surface area contributed by atoms with E-state index in [2.05, 4.69) is 4.98 Å². The molecule has 2 aromatic rings. The van der Waals surface area contributed by atoms with Crippen molar-refractivity contribution in [1.82, 2.24) is 4.98 Å². The number of nitrogens with zero attached hydrogens (tertiary/aromatic N) is 1. The van der Waals surface area contributed by atoms with E-state index < -0.39 is 24.4 Å². The van der Waals surface area contributed by atoms with Crippen LogP contribution in [0.5, 0.6) is 5.75 Å². The molecule has 0 bridgehead atoms. The third kappa shape index (κ3) is 4.35. The van der Waals surface area contributed by atoms with Crippen LogP contribution in [0.4, 0.5) is 0 Å². The summed E-state index contributed by atoms with van der Waals surface area (Å²) in [6.45, 7) is 2.11. The zero-order valence-corrected chi connectivity index (χ0v) is 14.1. The highest BCUT2D eigenvalue weighted by Crippen LogP contribution is 2.32. The Morgan fingerprint density at radius 3 is 2.60 bits per heavy atom. The molecule has 1 aliphatic rings. The molecule has 2 heterocycles. The van der Waals surface area contributed by atoms with E-state index in [9.17, 15) is 15.3 Å². The molecule has 1 aromatic heterocycles. The van der Waals surface area contributed by atoms with Gasteiger partial charge in [0, 0.05) is 12.1 Å². The summed E-state index contributed by atoms with van der Waals surface area (Å²) < 4.78 is 11.4. The zero-order chi connectivity index (χ0) is 17.8. The Balaban J connectivity index is 1.65. The summed E-state index contributed by atoms with van der Waals surface area (Å²) in [5.74, 6) is 0.677. The minimum atomic E-state index is -1.02. The van der Waals surface area contributed by atoms with Crippen molar-refractivity contribution < 1.29 is 24.8 Å². The molecule has 6 heteroatoms. The highest BCUT2D eigenvalue weighted by atomic mass is 16.5. The second kappa shape index (κ2) is 7.93. The van der Waals surface area contributed by atoms with Crippen molar-refractivity contribution >= 4 is 0 Å². The first-order valence-corrected chi connectivity index (χ1v) is 8.34. The quantitative estimate of drug-likeness (QED) is 0.761. The van der Waals surface area contributed by atoms with Gasteiger partial charge in [0.25, 0.3) is 0 Å². The van der Waals surface area contributed by atoms with Crippen molar-refractivity contribution in [2.75, 3.05) is 6.61 Å². The van der Waals surface area contributed by atoms with Crippen molar-refractivity contribution in [3.63, 3.8) is 0 Å². The summed E-state index contributed by atoms with van der Waals surface area (Å²) in [5.41, 5.74) is 2.52. The monoisotopic (exact) mass is 345 g/mol. The minimum absolute atomic E-state index is 0.190. The van der Waals surface area contributed by atoms with Gasteiger partial charge in [-0.05, 0) is 36.8 Å². The Bertz CT molecular complexity index is 690. The number of hydrogen-bond donors (Lipinski definition) is 3. The Morgan fingerprint density at radius 1 is 1.16 bits per heavy atom. The van der Waals surface area contributed by atoms with Gasteiger partial charge in [0.05, 0.1) is 24.5 Å². The summed E-state index contributed by atoms with van der Waals surface area (Å²) in [4.78, 5) is 4.39. The van der Waals surface area contributed by atoms with Crippen molar-refractivity contribution in [2.45, 2.75) is 44.4 Å². The normalized spacial score (nSPS) is 26.4. The van der Waals surface area contributed by atoms with Gasteiger partial charge in [-0.25, -0.2) is 0 Å². The molecule has 134 valence electrons. The second-order valence-corrected chi connectivity index (χ2v) is 6.28. The van der Waals surface area contributed by atoms with E-state index in [1.807, 2.05) is 25.1 Å². The predicted octanol–water partition coefficient (Wildman–Crippen LogP) is 1.51. The fraction of sp³-hybridized carbons (Fsp3) is 0.421. The van der Waals surface area contributed by atoms with Gasteiger partial charge in [-0.3, -0.25) is 4.98 Å². The van der Waals surface area contributed by atoms with Gasteiger partial charge in [0.1, 0.15) is 24.6 Å². The predicted molar refractivity (Wildman–Crippen MR) is 91.1 cm³/mol. The largest absolute Gasteiger partial charge is 0.487 e. The van der Waals surface area contributed by atoms with Gasteiger partial charge in [-0.1, -0.05) is 18.2 Å². The van der Waals surface area contributed by atoms with E-state index in [4.69, 9.17) is 9.47 Å². The molecule has 0 spiro atoms. The third-order valence-corrected chi connectivity index (χ3v) is 4.29. The number of rotatable bonds is 5. The van der Waals surface area contributed by atoms with Gasteiger partial charge in [-0.2, -0.15) is 0 Å². The van der Waals surface area contributed by atoms with E-state index in [1.165, 1.54) is 0 Å². The Hall–Kier alpha value is -1.99. The first-order valence-electron chi connectivity index (χ1n) is 8.34. The number of pyridine rings is 1. The summed E-state index contributed by atoms with van der Waals surface area (Å²) in [7, 11) is 0. The third-order valence-electron chi connectivity index (χ3n) is 4.29. The molecule has 3 rings (SSSR count). The molecule has 1 fully saturated rings. The first kappa shape index (κ1) is 17.8. The van der Waals surface area contributed by atoms with Gasteiger partial charge in [0.2, 0.25) is 0 Å². The Labute approximate surface area is 146 Å². The maximum Gasteiger partial charge on any atom is 0.130 e. The van der Waals surface area contributed by atoms with Crippen molar-refractivity contribution in [1.29, 1.82) is 0 Å². The number of aromatic nitrogens is 1. The molecule has 0 radical (unpaired) electrons.